The standard InChI is InChI=1S/C21H22ClNO3S/c1-15(20(24)23-12-2-3-13-23)26-21(25)17-6-4-16(5-7-17)14-27-19-10-8-18(22)9-11-19/h4-11,15H,2-3,12-14H2,1H3/t15-/m0/s1. The van der Waals surface area contributed by atoms with Crippen molar-refractivity contribution in [3.8, 4) is 0 Å². The topological polar surface area (TPSA) is 46.6 Å². The Morgan fingerprint density at radius 1 is 1.07 bits per heavy atom. The first-order valence-corrected chi connectivity index (χ1v) is 10.4. The third-order valence-electron chi connectivity index (χ3n) is 4.46. The van der Waals surface area contributed by atoms with Crippen molar-refractivity contribution in [3.05, 3.63) is 64.7 Å². The summed E-state index contributed by atoms with van der Waals surface area (Å²) >= 11 is 7.59. The van der Waals surface area contributed by atoms with Crippen LogP contribution >= 0.6 is 23.4 Å². The van der Waals surface area contributed by atoms with Crippen molar-refractivity contribution < 1.29 is 14.3 Å². The highest BCUT2D eigenvalue weighted by atomic mass is 35.5. The minimum absolute atomic E-state index is 0.114. The SMILES string of the molecule is C[C@H](OC(=O)c1ccc(CSc2ccc(Cl)cc2)cc1)C(=O)N1CCCC1. The number of likely N-dealkylation sites (tertiary alicyclic amines) is 1. The molecule has 1 atom stereocenters. The Kier molecular flexibility index (Phi) is 6.80. The maximum Gasteiger partial charge on any atom is 0.338 e. The molecule has 0 N–H and O–H groups in total. The zero-order valence-electron chi connectivity index (χ0n) is 15.2. The molecule has 0 bridgehead atoms. The lowest BCUT2D eigenvalue weighted by atomic mass is 10.1. The van der Waals surface area contributed by atoms with Crippen molar-refractivity contribution in [1.82, 2.24) is 4.90 Å². The van der Waals surface area contributed by atoms with E-state index in [1.807, 2.05) is 36.4 Å². The predicted octanol–water partition coefficient (Wildman–Crippen LogP) is 4.80. The lowest BCUT2D eigenvalue weighted by Gasteiger charge is -2.20. The van der Waals surface area contributed by atoms with Crippen molar-refractivity contribution in [2.75, 3.05) is 13.1 Å². The average Bonchev–Trinajstić information content (AvgIpc) is 3.22. The van der Waals surface area contributed by atoms with Crippen LogP contribution in [0.3, 0.4) is 0 Å². The summed E-state index contributed by atoms with van der Waals surface area (Å²) in [5.74, 6) is 0.213. The van der Waals surface area contributed by atoms with E-state index in [-0.39, 0.29) is 5.91 Å². The molecule has 3 rings (SSSR count). The molecule has 1 heterocycles. The largest absolute Gasteiger partial charge is 0.449 e. The second kappa shape index (κ2) is 9.29. The quantitative estimate of drug-likeness (QED) is 0.513. The Morgan fingerprint density at radius 3 is 2.33 bits per heavy atom. The predicted molar refractivity (Wildman–Crippen MR) is 108 cm³/mol. The summed E-state index contributed by atoms with van der Waals surface area (Å²) < 4.78 is 5.34. The Balaban J connectivity index is 1.52. The Labute approximate surface area is 168 Å². The summed E-state index contributed by atoms with van der Waals surface area (Å²) in [5.41, 5.74) is 1.56. The van der Waals surface area contributed by atoms with Gasteiger partial charge in [-0.25, -0.2) is 4.79 Å². The number of nitrogens with zero attached hydrogens (tertiary/aromatic N) is 1. The lowest BCUT2D eigenvalue weighted by Crippen LogP contribution is -2.38. The second-order valence-electron chi connectivity index (χ2n) is 6.52. The maximum atomic E-state index is 12.3. The number of hydrogen-bond acceptors (Lipinski definition) is 4. The van der Waals surface area contributed by atoms with Crippen molar-refractivity contribution >= 4 is 35.2 Å². The molecule has 1 aliphatic rings. The number of halogens is 1. The van der Waals surface area contributed by atoms with Crippen LogP contribution in [-0.4, -0.2) is 36.0 Å². The van der Waals surface area contributed by atoms with Gasteiger partial charge in [-0.1, -0.05) is 23.7 Å². The number of amides is 1. The van der Waals surface area contributed by atoms with Gasteiger partial charge in [-0.05, 0) is 61.7 Å². The molecular weight excluding hydrogens is 382 g/mol. The fourth-order valence-corrected chi connectivity index (χ4v) is 3.89. The van der Waals surface area contributed by atoms with Gasteiger partial charge in [0.1, 0.15) is 0 Å². The smallest absolute Gasteiger partial charge is 0.338 e. The van der Waals surface area contributed by atoms with Gasteiger partial charge in [-0.15, -0.1) is 11.8 Å². The van der Waals surface area contributed by atoms with E-state index in [1.54, 1.807) is 35.7 Å². The van der Waals surface area contributed by atoms with E-state index < -0.39 is 12.1 Å². The molecule has 1 fully saturated rings. The van der Waals surface area contributed by atoms with Crippen molar-refractivity contribution in [2.24, 2.45) is 0 Å². The molecule has 0 aromatic heterocycles. The fraction of sp³-hybridized carbons (Fsp3) is 0.333. The lowest BCUT2D eigenvalue weighted by molar-refractivity contribution is -0.138. The van der Waals surface area contributed by atoms with Crippen LogP contribution in [0.15, 0.2) is 53.4 Å². The number of carbonyl (C=O) groups excluding carboxylic acids is 2. The number of rotatable bonds is 6. The van der Waals surface area contributed by atoms with Crippen LogP contribution in [0.25, 0.3) is 0 Å². The van der Waals surface area contributed by atoms with Crippen LogP contribution in [0.1, 0.15) is 35.7 Å². The molecule has 0 aliphatic carbocycles. The summed E-state index contributed by atoms with van der Waals surface area (Å²) in [6.07, 6.45) is 1.28. The third-order valence-corrected chi connectivity index (χ3v) is 5.79. The highest BCUT2D eigenvalue weighted by molar-refractivity contribution is 7.98. The molecule has 0 unspecified atom stereocenters. The van der Waals surface area contributed by atoms with Gasteiger partial charge < -0.3 is 9.64 Å². The van der Waals surface area contributed by atoms with Gasteiger partial charge >= 0.3 is 5.97 Å². The molecule has 2 aromatic carbocycles. The first-order valence-electron chi connectivity index (χ1n) is 9.00. The molecule has 0 radical (unpaired) electrons. The van der Waals surface area contributed by atoms with Crippen LogP contribution in [-0.2, 0) is 15.3 Å². The minimum atomic E-state index is -0.754. The van der Waals surface area contributed by atoms with Gasteiger partial charge in [-0.2, -0.15) is 0 Å². The molecule has 1 saturated heterocycles. The zero-order chi connectivity index (χ0) is 19.2. The molecule has 0 saturated carbocycles. The maximum absolute atomic E-state index is 12.3. The van der Waals surface area contributed by atoms with Gasteiger partial charge in [0.15, 0.2) is 6.10 Å². The first-order chi connectivity index (χ1) is 13.0. The molecule has 0 spiro atoms. The molecular formula is C21H22ClNO3S. The van der Waals surface area contributed by atoms with E-state index in [2.05, 4.69) is 0 Å². The molecule has 2 aromatic rings. The van der Waals surface area contributed by atoms with E-state index in [4.69, 9.17) is 16.3 Å². The fourth-order valence-electron chi connectivity index (χ4n) is 2.91. The number of benzene rings is 2. The highest BCUT2D eigenvalue weighted by Gasteiger charge is 2.26. The van der Waals surface area contributed by atoms with Gasteiger partial charge in [-0.3, -0.25) is 4.79 Å². The summed E-state index contributed by atoms with van der Waals surface area (Å²) in [5, 5.41) is 0.722. The number of esters is 1. The van der Waals surface area contributed by atoms with Gasteiger partial charge in [0.25, 0.3) is 5.91 Å². The second-order valence-corrected chi connectivity index (χ2v) is 8.00. The van der Waals surface area contributed by atoms with Crippen molar-refractivity contribution in [2.45, 2.75) is 36.5 Å². The van der Waals surface area contributed by atoms with E-state index in [1.165, 1.54) is 0 Å². The van der Waals surface area contributed by atoms with Gasteiger partial charge in [0.05, 0.1) is 5.56 Å². The van der Waals surface area contributed by atoms with Gasteiger partial charge in [0.2, 0.25) is 0 Å². The van der Waals surface area contributed by atoms with Crippen molar-refractivity contribution in [3.63, 3.8) is 0 Å². The summed E-state index contributed by atoms with van der Waals surface area (Å²) in [4.78, 5) is 27.4. The average molecular weight is 404 g/mol. The molecule has 142 valence electrons. The van der Waals surface area contributed by atoms with E-state index in [0.29, 0.717) is 5.56 Å². The monoisotopic (exact) mass is 403 g/mol. The Hall–Kier alpha value is -1.98. The van der Waals surface area contributed by atoms with Crippen LogP contribution in [0.2, 0.25) is 5.02 Å². The minimum Gasteiger partial charge on any atom is -0.449 e. The Bertz CT molecular complexity index is 786. The van der Waals surface area contributed by atoms with E-state index >= 15 is 0 Å². The van der Waals surface area contributed by atoms with E-state index in [9.17, 15) is 9.59 Å². The van der Waals surface area contributed by atoms with Crippen LogP contribution in [0.5, 0.6) is 0 Å². The van der Waals surface area contributed by atoms with Crippen molar-refractivity contribution in [1.29, 1.82) is 0 Å². The van der Waals surface area contributed by atoms with Gasteiger partial charge in [0, 0.05) is 28.8 Å². The number of hydrogen-bond donors (Lipinski definition) is 0. The molecule has 1 amide bonds. The number of ether oxygens (including phenoxy) is 1. The highest BCUT2D eigenvalue weighted by Crippen LogP contribution is 2.24. The normalized spacial score (nSPS) is 14.8. The summed E-state index contributed by atoms with van der Waals surface area (Å²) in [6.45, 7) is 3.14. The van der Waals surface area contributed by atoms with Crippen LogP contribution < -0.4 is 0 Å². The first kappa shape index (κ1) is 19.8. The molecule has 4 nitrogen and oxygen atoms in total. The summed E-state index contributed by atoms with van der Waals surface area (Å²) in [6, 6.07) is 15.0. The third kappa shape index (κ3) is 5.50. The molecule has 1 aliphatic heterocycles. The van der Waals surface area contributed by atoms with E-state index in [0.717, 1.165) is 47.2 Å². The Morgan fingerprint density at radius 2 is 1.70 bits per heavy atom. The van der Waals surface area contributed by atoms with Crippen LogP contribution in [0, 0.1) is 0 Å². The molecule has 6 heteroatoms. The van der Waals surface area contributed by atoms with Crippen LogP contribution in [0.4, 0.5) is 0 Å². The number of carbonyl (C=O) groups is 2. The summed E-state index contributed by atoms with van der Waals surface area (Å²) in [7, 11) is 0. The zero-order valence-corrected chi connectivity index (χ0v) is 16.8. The number of thioether (sulfide) groups is 1. The molecule has 27 heavy (non-hydrogen) atoms.